The van der Waals surface area contributed by atoms with Crippen LogP contribution < -0.4 is 11.1 Å². The summed E-state index contributed by atoms with van der Waals surface area (Å²) in [7, 11) is 5.22. The number of primary amides is 1. The quantitative estimate of drug-likeness (QED) is 0.460. The normalized spacial score (nSPS) is 14.3. The number of ether oxygens (including phenoxy) is 2. The number of hydrogen-bond donors (Lipinski definition) is 2. The number of carbonyl (C=O) groups excluding carboxylic acids is 1. The first-order valence-corrected chi connectivity index (χ1v) is 7.69. The fraction of sp³-hybridized carbons (Fsp3) is 0.933. The van der Waals surface area contributed by atoms with E-state index in [1.165, 1.54) is 0 Å². The van der Waals surface area contributed by atoms with Crippen molar-refractivity contribution in [2.45, 2.75) is 38.1 Å². The largest absolute Gasteiger partial charge is 0.385 e. The molecule has 3 N–H and O–H groups in total. The molecule has 126 valence electrons. The molecule has 0 saturated heterocycles. The molecule has 0 aromatic carbocycles. The van der Waals surface area contributed by atoms with Gasteiger partial charge in [0.1, 0.15) is 0 Å². The molecule has 21 heavy (non-hydrogen) atoms. The van der Waals surface area contributed by atoms with Crippen LogP contribution in [0.1, 0.15) is 32.6 Å². The number of methoxy groups -OCH3 is 2. The molecule has 0 heterocycles. The smallest absolute Gasteiger partial charge is 0.237 e. The van der Waals surface area contributed by atoms with E-state index in [0.29, 0.717) is 0 Å². The number of amides is 1. The molecule has 1 amide bonds. The predicted molar refractivity (Wildman–Crippen MR) is 85.3 cm³/mol. The maximum atomic E-state index is 11.4. The lowest BCUT2D eigenvalue weighted by Crippen LogP contribution is -2.51. The van der Waals surface area contributed by atoms with Crippen LogP contribution in [0.2, 0.25) is 0 Å². The predicted octanol–water partition coefficient (Wildman–Crippen LogP) is 0.605. The van der Waals surface area contributed by atoms with Crippen LogP contribution in [0.3, 0.4) is 0 Å². The Balaban J connectivity index is 4.02. The molecule has 6 heteroatoms. The number of nitrogens with zero attached hydrogens (tertiary/aromatic N) is 1. The molecule has 6 nitrogen and oxygen atoms in total. The summed E-state index contributed by atoms with van der Waals surface area (Å²) in [4.78, 5) is 13.8. The van der Waals surface area contributed by atoms with Gasteiger partial charge in [0, 0.05) is 33.9 Å². The number of likely N-dealkylation sites (N-methyl/N-ethyl adjacent to an activating group) is 1. The Bertz CT molecular complexity index is 277. The van der Waals surface area contributed by atoms with Crippen molar-refractivity contribution in [3.05, 3.63) is 0 Å². The zero-order valence-corrected chi connectivity index (χ0v) is 14.1. The first-order chi connectivity index (χ1) is 10.00. The number of rotatable bonds is 14. The minimum absolute atomic E-state index is 0.290. The fourth-order valence-electron chi connectivity index (χ4n) is 2.17. The van der Waals surface area contributed by atoms with Crippen molar-refractivity contribution in [1.29, 1.82) is 0 Å². The highest BCUT2D eigenvalue weighted by molar-refractivity contribution is 5.84. The molecule has 0 fully saturated rings. The molecular weight excluding hydrogens is 270 g/mol. The van der Waals surface area contributed by atoms with E-state index in [9.17, 15) is 4.79 Å². The van der Waals surface area contributed by atoms with Crippen LogP contribution >= 0.6 is 0 Å². The summed E-state index contributed by atoms with van der Waals surface area (Å²) in [6.45, 7) is 6.32. The Labute approximate surface area is 129 Å². The van der Waals surface area contributed by atoms with E-state index in [1.807, 2.05) is 6.92 Å². The van der Waals surface area contributed by atoms with Crippen LogP contribution in [0, 0.1) is 0 Å². The summed E-state index contributed by atoms with van der Waals surface area (Å²) >= 11 is 0. The Morgan fingerprint density at radius 2 is 1.71 bits per heavy atom. The summed E-state index contributed by atoms with van der Waals surface area (Å²) in [5.41, 5.74) is 4.82. The van der Waals surface area contributed by atoms with Gasteiger partial charge in [-0.05, 0) is 46.2 Å². The minimum atomic E-state index is -0.604. The van der Waals surface area contributed by atoms with E-state index in [2.05, 4.69) is 10.2 Å². The van der Waals surface area contributed by atoms with Crippen molar-refractivity contribution >= 4 is 5.91 Å². The number of nitrogens with one attached hydrogen (secondary N) is 1. The molecule has 0 aromatic heterocycles. The van der Waals surface area contributed by atoms with Gasteiger partial charge in [-0.3, -0.25) is 4.79 Å². The van der Waals surface area contributed by atoms with Crippen LogP contribution in [0.25, 0.3) is 0 Å². The van der Waals surface area contributed by atoms with Gasteiger partial charge in [0.15, 0.2) is 0 Å². The van der Waals surface area contributed by atoms with E-state index >= 15 is 0 Å². The first kappa shape index (κ1) is 20.3. The topological polar surface area (TPSA) is 76.8 Å². The molecule has 0 aliphatic rings. The third-order valence-corrected chi connectivity index (χ3v) is 3.93. The summed E-state index contributed by atoms with van der Waals surface area (Å²) in [5, 5.41) is 3.02. The van der Waals surface area contributed by atoms with Gasteiger partial charge in [-0.1, -0.05) is 0 Å². The number of nitrogens with two attached hydrogens (primary N) is 1. The first-order valence-electron chi connectivity index (χ1n) is 7.69. The highest BCUT2D eigenvalue weighted by Gasteiger charge is 2.27. The zero-order valence-electron chi connectivity index (χ0n) is 14.1. The summed E-state index contributed by atoms with van der Waals surface area (Å²) in [6, 6.07) is 0. The van der Waals surface area contributed by atoms with Crippen molar-refractivity contribution in [2.24, 2.45) is 5.73 Å². The average Bonchev–Trinajstić information content (AvgIpc) is 2.47. The molecule has 0 aliphatic carbocycles. The minimum Gasteiger partial charge on any atom is -0.385 e. The molecule has 1 unspecified atom stereocenters. The molecule has 1 atom stereocenters. The lowest BCUT2D eigenvalue weighted by atomic mass is 9.94. The SMILES string of the molecule is CNC(C)(CCCCN(CCCOC)CCOC)C(N)=O. The van der Waals surface area contributed by atoms with E-state index in [4.69, 9.17) is 15.2 Å². The van der Waals surface area contributed by atoms with E-state index in [-0.39, 0.29) is 5.91 Å². The van der Waals surface area contributed by atoms with Crippen LogP contribution in [0.5, 0.6) is 0 Å². The van der Waals surface area contributed by atoms with Crippen LogP contribution in [0.15, 0.2) is 0 Å². The van der Waals surface area contributed by atoms with Crippen molar-refractivity contribution in [3.63, 3.8) is 0 Å². The molecule has 0 bridgehead atoms. The Morgan fingerprint density at radius 1 is 1.10 bits per heavy atom. The molecule has 0 aliphatic heterocycles. The lowest BCUT2D eigenvalue weighted by Gasteiger charge is -2.26. The molecule has 0 aromatic rings. The fourth-order valence-corrected chi connectivity index (χ4v) is 2.17. The van der Waals surface area contributed by atoms with Gasteiger partial charge in [-0.15, -0.1) is 0 Å². The van der Waals surface area contributed by atoms with Crippen LogP contribution in [-0.4, -0.2) is 70.5 Å². The third kappa shape index (κ3) is 9.03. The molecular formula is C15H33N3O3. The summed E-state index contributed by atoms with van der Waals surface area (Å²) < 4.78 is 10.2. The lowest BCUT2D eigenvalue weighted by molar-refractivity contribution is -0.123. The second-order valence-corrected chi connectivity index (χ2v) is 5.58. The third-order valence-electron chi connectivity index (χ3n) is 3.93. The standard InChI is InChI=1S/C15H33N3O3/c1-15(17-2,14(16)19)8-5-6-9-18(11-13-21-4)10-7-12-20-3/h17H,5-13H2,1-4H3,(H2,16,19). The number of carbonyl (C=O) groups is 1. The second-order valence-electron chi connectivity index (χ2n) is 5.58. The molecule has 0 radical (unpaired) electrons. The van der Waals surface area contributed by atoms with E-state index < -0.39 is 5.54 Å². The van der Waals surface area contributed by atoms with Crippen LogP contribution in [0.4, 0.5) is 0 Å². The van der Waals surface area contributed by atoms with Gasteiger partial charge in [-0.2, -0.15) is 0 Å². The number of hydrogen-bond acceptors (Lipinski definition) is 5. The van der Waals surface area contributed by atoms with Gasteiger partial charge < -0.3 is 25.4 Å². The maximum Gasteiger partial charge on any atom is 0.237 e. The molecule has 0 rings (SSSR count). The average molecular weight is 303 g/mol. The van der Waals surface area contributed by atoms with E-state index in [0.717, 1.165) is 58.5 Å². The number of unbranched alkanes of at least 4 members (excludes halogenated alkanes) is 1. The van der Waals surface area contributed by atoms with Gasteiger partial charge in [0.05, 0.1) is 12.1 Å². The highest BCUT2D eigenvalue weighted by Crippen LogP contribution is 2.13. The zero-order chi connectivity index (χ0) is 16.1. The molecule has 0 spiro atoms. The summed E-state index contributed by atoms with van der Waals surface area (Å²) in [5.74, 6) is -0.290. The van der Waals surface area contributed by atoms with Crippen molar-refractivity contribution in [2.75, 3.05) is 54.1 Å². The van der Waals surface area contributed by atoms with Crippen LogP contribution in [-0.2, 0) is 14.3 Å². The van der Waals surface area contributed by atoms with Crippen molar-refractivity contribution in [3.8, 4) is 0 Å². The highest BCUT2D eigenvalue weighted by atomic mass is 16.5. The second kappa shape index (κ2) is 11.9. The van der Waals surface area contributed by atoms with Gasteiger partial charge in [0.25, 0.3) is 0 Å². The van der Waals surface area contributed by atoms with E-state index in [1.54, 1.807) is 21.3 Å². The maximum absolute atomic E-state index is 11.4. The van der Waals surface area contributed by atoms with Gasteiger partial charge in [-0.25, -0.2) is 0 Å². The van der Waals surface area contributed by atoms with Gasteiger partial charge >= 0.3 is 0 Å². The van der Waals surface area contributed by atoms with Crippen molar-refractivity contribution < 1.29 is 14.3 Å². The Hall–Kier alpha value is -0.690. The summed E-state index contributed by atoms with van der Waals surface area (Å²) in [6.07, 6.45) is 3.79. The Morgan fingerprint density at radius 3 is 2.24 bits per heavy atom. The van der Waals surface area contributed by atoms with Gasteiger partial charge in [0.2, 0.25) is 5.91 Å². The monoisotopic (exact) mass is 303 g/mol. The van der Waals surface area contributed by atoms with Crippen molar-refractivity contribution in [1.82, 2.24) is 10.2 Å². The Kier molecular flexibility index (Phi) is 11.5. The molecule has 0 saturated carbocycles.